The van der Waals surface area contributed by atoms with Crippen molar-refractivity contribution in [2.75, 3.05) is 0 Å². The lowest BCUT2D eigenvalue weighted by atomic mass is 9.67. The fourth-order valence-corrected chi connectivity index (χ4v) is 9.22. The van der Waals surface area contributed by atoms with Crippen molar-refractivity contribution in [1.29, 1.82) is 0 Å². The van der Waals surface area contributed by atoms with E-state index in [4.69, 9.17) is 8.85 Å². The molecule has 2 rings (SSSR count). The first kappa shape index (κ1) is 23.9. The minimum Gasteiger partial charge on any atom is -0.546 e. The summed E-state index contributed by atoms with van der Waals surface area (Å²) in [4.78, 5) is 0. The van der Waals surface area contributed by atoms with Gasteiger partial charge in [-0.15, -0.1) is 0 Å². The lowest BCUT2D eigenvalue weighted by Crippen LogP contribution is -2.49. The van der Waals surface area contributed by atoms with Gasteiger partial charge in [0.25, 0.3) is 0 Å². The van der Waals surface area contributed by atoms with Crippen molar-refractivity contribution in [1.82, 2.24) is 0 Å². The Bertz CT molecular complexity index is 590. The van der Waals surface area contributed by atoms with Crippen LogP contribution in [0.25, 0.3) is 0 Å². The molecule has 1 fully saturated rings. The molecular formula is C24H46O2Si2. The second kappa shape index (κ2) is 8.43. The molecule has 3 atom stereocenters. The Morgan fingerprint density at radius 3 is 2.14 bits per heavy atom. The summed E-state index contributed by atoms with van der Waals surface area (Å²) >= 11 is 0. The van der Waals surface area contributed by atoms with Crippen LogP contribution in [-0.4, -0.2) is 22.7 Å². The summed E-state index contributed by atoms with van der Waals surface area (Å²) in [6.45, 7) is 25.5. The molecule has 0 unspecified atom stereocenters. The van der Waals surface area contributed by atoms with Gasteiger partial charge >= 0.3 is 0 Å². The van der Waals surface area contributed by atoms with Gasteiger partial charge in [-0.2, -0.15) is 0 Å². The van der Waals surface area contributed by atoms with Gasteiger partial charge in [-0.05, 0) is 72.4 Å². The third kappa shape index (κ3) is 4.25. The molecule has 0 aromatic heterocycles. The molecule has 0 saturated heterocycles. The lowest BCUT2D eigenvalue weighted by Gasteiger charge is -2.47. The summed E-state index contributed by atoms with van der Waals surface area (Å²) in [6, 6.07) is 3.60. The fraction of sp³-hybridized carbons (Fsp3) is 0.833. The Kier molecular flexibility index (Phi) is 7.21. The number of hydrogen-bond acceptors (Lipinski definition) is 2. The van der Waals surface area contributed by atoms with Gasteiger partial charge in [0.15, 0.2) is 8.32 Å². The molecule has 2 nitrogen and oxygen atoms in total. The van der Waals surface area contributed by atoms with E-state index in [1.807, 2.05) is 0 Å². The molecule has 0 amide bonds. The number of rotatable bonds is 8. The zero-order valence-electron chi connectivity index (χ0n) is 20.2. The molecule has 0 aromatic carbocycles. The standard InChI is InChI=1S/C24H46O2Si2/c1-11-19-20-15-16-22(26-27(9,10)23(5,6)7)24(20,8)18-17-21(19)25-28(12-2,13-3)14-4/h11,20,22H,1,12-18H2,2-10H3/t20-,22-,24-/m0/s1. The zero-order valence-corrected chi connectivity index (χ0v) is 22.2. The predicted octanol–water partition coefficient (Wildman–Crippen LogP) is 8.05. The minimum atomic E-state index is -1.76. The maximum atomic E-state index is 6.98. The van der Waals surface area contributed by atoms with Crippen LogP contribution >= 0.6 is 0 Å². The van der Waals surface area contributed by atoms with E-state index in [0.717, 1.165) is 6.42 Å². The zero-order chi connectivity index (χ0) is 21.4. The van der Waals surface area contributed by atoms with Crippen LogP contribution in [0.15, 0.2) is 24.0 Å². The quantitative estimate of drug-likeness (QED) is 0.368. The highest BCUT2D eigenvalue weighted by Gasteiger charge is 2.54. The third-order valence-corrected chi connectivity index (χ3v) is 17.6. The summed E-state index contributed by atoms with van der Waals surface area (Å²) in [5, 5.41) is 0.260. The number of allylic oxidation sites excluding steroid dienone is 3. The average molecular weight is 423 g/mol. The topological polar surface area (TPSA) is 18.5 Å². The Balaban J connectivity index is 2.31. The van der Waals surface area contributed by atoms with Gasteiger partial charge in [-0.25, -0.2) is 0 Å². The van der Waals surface area contributed by atoms with Crippen molar-refractivity contribution in [3.63, 3.8) is 0 Å². The highest BCUT2D eigenvalue weighted by molar-refractivity contribution is 6.74. The monoisotopic (exact) mass is 422 g/mol. The van der Waals surface area contributed by atoms with E-state index in [1.54, 1.807) is 0 Å². The SMILES string of the molecule is C=CC1=C(O[Si](CC)(CC)CC)CC[C@]2(C)[C@@H](O[Si](C)(C)C(C)(C)C)CC[C@@H]12. The van der Waals surface area contributed by atoms with E-state index in [-0.39, 0.29) is 10.5 Å². The second-order valence-electron chi connectivity index (χ2n) is 10.9. The van der Waals surface area contributed by atoms with Crippen LogP contribution < -0.4 is 0 Å². The van der Waals surface area contributed by atoms with E-state index in [9.17, 15) is 0 Å². The second-order valence-corrected chi connectivity index (χ2v) is 20.4. The molecule has 2 aliphatic carbocycles. The summed E-state index contributed by atoms with van der Waals surface area (Å²) in [5.74, 6) is 1.82. The van der Waals surface area contributed by atoms with Crippen molar-refractivity contribution in [2.45, 2.75) is 117 Å². The van der Waals surface area contributed by atoms with E-state index in [0.29, 0.717) is 12.0 Å². The van der Waals surface area contributed by atoms with E-state index >= 15 is 0 Å². The molecule has 2 aliphatic rings. The molecule has 0 radical (unpaired) electrons. The first-order chi connectivity index (χ1) is 12.9. The highest BCUT2D eigenvalue weighted by atomic mass is 28.4. The predicted molar refractivity (Wildman–Crippen MR) is 128 cm³/mol. The molecule has 0 N–H and O–H groups in total. The highest BCUT2D eigenvalue weighted by Crippen LogP contribution is 2.57. The molecule has 0 aliphatic heterocycles. The maximum absolute atomic E-state index is 6.98. The molecule has 0 bridgehead atoms. The van der Waals surface area contributed by atoms with Crippen LogP contribution in [0.3, 0.4) is 0 Å². The Morgan fingerprint density at radius 1 is 1.11 bits per heavy atom. The first-order valence-corrected chi connectivity index (χ1v) is 17.1. The maximum Gasteiger partial charge on any atom is 0.250 e. The first-order valence-electron chi connectivity index (χ1n) is 11.6. The molecule has 28 heavy (non-hydrogen) atoms. The molecule has 162 valence electrons. The Hall–Kier alpha value is -0.326. The van der Waals surface area contributed by atoms with Crippen LogP contribution in [0.1, 0.15) is 74.1 Å². The number of fused-ring (bicyclic) bond motifs is 1. The van der Waals surface area contributed by atoms with Gasteiger partial charge in [0.05, 0.1) is 11.9 Å². The minimum absolute atomic E-state index is 0.223. The van der Waals surface area contributed by atoms with Crippen LogP contribution in [0.2, 0.25) is 36.3 Å². The van der Waals surface area contributed by atoms with Gasteiger partial charge in [0.2, 0.25) is 8.32 Å². The normalized spacial score (nSPS) is 29.0. The van der Waals surface area contributed by atoms with Crippen molar-refractivity contribution < 1.29 is 8.85 Å². The summed E-state index contributed by atoms with van der Waals surface area (Å²) < 4.78 is 13.9. The van der Waals surface area contributed by atoms with Crippen LogP contribution in [-0.2, 0) is 8.85 Å². The molecule has 0 spiro atoms. The van der Waals surface area contributed by atoms with Crippen LogP contribution in [0.4, 0.5) is 0 Å². The Morgan fingerprint density at radius 2 is 1.68 bits per heavy atom. The lowest BCUT2D eigenvalue weighted by molar-refractivity contribution is 0.0412. The van der Waals surface area contributed by atoms with E-state index < -0.39 is 16.6 Å². The largest absolute Gasteiger partial charge is 0.546 e. The van der Waals surface area contributed by atoms with Crippen molar-refractivity contribution in [2.24, 2.45) is 11.3 Å². The van der Waals surface area contributed by atoms with Gasteiger partial charge in [0.1, 0.15) is 0 Å². The summed E-state index contributed by atoms with van der Waals surface area (Å²) in [6.07, 6.45) is 7.12. The summed E-state index contributed by atoms with van der Waals surface area (Å²) in [5.41, 5.74) is 1.63. The van der Waals surface area contributed by atoms with Gasteiger partial charge in [-0.1, -0.05) is 61.1 Å². The molecule has 4 heteroatoms. The van der Waals surface area contributed by atoms with Crippen LogP contribution in [0, 0.1) is 11.3 Å². The van der Waals surface area contributed by atoms with Crippen LogP contribution in [0.5, 0.6) is 0 Å². The smallest absolute Gasteiger partial charge is 0.250 e. The van der Waals surface area contributed by atoms with Crippen molar-refractivity contribution in [3.8, 4) is 0 Å². The Labute approximate surface area is 177 Å². The fourth-order valence-electron chi connectivity index (χ4n) is 5.09. The molecule has 0 heterocycles. The van der Waals surface area contributed by atoms with Gasteiger partial charge in [-0.3, -0.25) is 0 Å². The summed E-state index contributed by atoms with van der Waals surface area (Å²) in [7, 11) is -3.41. The van der Waals surface area contributed by atoms with Gasteiger partial charge < -0.3 is 8.85 Å². The van der Waals surface area contributed by atoms with Crippen molar-refractivity contribution in [3.05, 3.63) is 24.0 Å². The molecule has 1 saturated carbocycles. The average Bonchev–Trinajstić information content (AvgIpc) is 2.95. The van der Waals surface area contributed by atoms with Gasteiger partial charge in [0, 0.05) is 6.42 Å². The molecular weight excluding hydrogens is 376 g/mol. The third-order valence-electron chi connectivity index (χ3n) is 8.57. The number of hydrogen-bond donors (Lipinski definition) is 0. The van der Waals surface area contributed by atoms with E-state index in [1.165, 1.54) is 48.7 Å². The van der Waals surface area contributed by atoms with E-state index in [2.05, 4.69) is 74.2 Å². The molecule has 0 aromatic rings. The van der Waals surface area contributed by atoms with Crippen molar-refractivity contribution >= 4 is 16.6 Å².